The van der Waals surface area contributed by atoms with Gasteiger partial charge in [0, 0.05) is 11.1 Å². The zero-order valence-corrected chi connectivity index (χ0v) is 9.58. The SMILES string of the molecule is N#CC(=NC(=O)c1ccccc1)c1ccccc1. The highest BCUT2D eigenvalue weighted by Gasteiger charge is 2.07. The molecule has 0 unspecified atom stereocenters. The topological polar surface area (TPSA) is 53.2 Å². The maximum Gasteiger partial charge on any atom is 0.278 e. The van der Waals surface area contributed by atoms with Gasteiger partial charge in [0.15, 0.2) is 5.71 Å². The van der Waals surface area contributed by atoms with Crippen LogP contribution in [-0.2, 0) is 0 Å². The number of carbonyl (C=O) groups is 1. The summed E-state index contributed by atoms with van der Waals surface area (Å²) in [7, 11) is 0. The van der Waals surface area contributed by atoms with Crippen LogP contribution < -0.4 is 0 Å². The molecule has 0 spiro atoms. The lowest BCUT2D eigenvalue weighted by molar-refractivity contribution is 0.100. The maximum absolute atomic E-state index is 11.8. The number of aliphatic imine (C=N–C) groups is 1. The van der Waals surface area contributed by atoms with Gasteiger partial charge in [-0.3, -0.25) is 4.79 Å². The lowest BCUT2D eigenvalue weighted by Crippen LogP contribution is -2.03. The predicted octanol–water partition coefficient (Wildman–Crippen LogP) is 2.84. The Morgan fingerprint density at radius 2 is 1.39 bits per heavy atom. The van der Waals surface area contributed by atoms with Crippen molar-refractivity contribution in [1.82, 2.24) is 0 Å². The molecule has 2 rings (SSSR count). The minimum Gasteiger partial charge on any atom is -0.267 e. The molecule has 1 amide bonds. The van der Waals surface area contributed by atoms with Crippen LogP contribution in [0.25, 0.3) is 0 Å². The van der Waals surface area contributed by atoms with Crippen molar-refractivity contribution in [3.05, 3.63) is 71.8 Å². The highest BCUT2D eigenvalue weighted by atomic mass is 16.1. The molecule has 2 aromatic rings. The molecule has 2 aromatic carbocycles. The Bertz CT molecular complexity index is 610. The van der Waals surface area contributed by atoms with Crippen LogP contribution >= 0.6 is 0 Å². The number of nitrogens with zero attached hydrogens (tertiary/aromatic N) is 2. The second kappa shape index (κ2) is 5.55. The third-order valence-electron chi connectivity index (χ3n) is 2.39. The van der Waals surface area contributed by atoms with Gasteiger partial charge in [-0.05, 0) is 12.1 Å². The minimum atomic E-state index is -0.406. The third-order valence-corrected chi connectivity index (χ3v) is 2.39. The molecule has 0 atom stereocenters. The number of rotatable bonds is 2. The molecule has 0 radical (unpaired) electrons. The molecule has 0 fully saturated rings. The summed E-state index contributed by atoms with van der Waals surface area (Å²) >= 11 is 0. The molecule has 0 bridgehead atoms. The van der Waals surface area contributed by atoms with Gasteiger partial charge in [0.2, 0.25) is 0 Å². The van der Waals surface area contributed by atoms with Crippen LogP contribution in [0.4, 0.5) is 0 Å². The van der Waals surface area contributed by atoms with Crippen LogP contribution in [0.3, 0.4) is 0 Å². The molecule has 86 valence electrons. The fourth-order valence-corrected chi connectivity index (χ4v) is 1.50. The summed E-state index contributed by atoms with van der Waals surface area (Å²) in [6.45, 7) is 0. The van der Waals surface area contributed by atoms with Gasteiger partial charge in [0.1, 0.15) is 6.07 Å². The second-order valence-corrected chi connectivity index (χ2v) is 3.61. The van der Waals surface area contributed by atoms with Gasteiger partial charge in [-0.15, -0.1) is 0 Å². The van der Waals surface area contributed by atoms with Crippen molar-refractivity contribution in [3.8, 4) is 6.07 Å². The Morgan fingerprint density at radius 1 is 0.889 bits per heavy atom. The van der Waals surface area contributed by atoms with E-state index in [4.69, 9.17) is 5.26 Å². The number of hydrogen-bond acceptors (Lipinski definition) is 2. The Balaban J connectivity index is 2.33. The van der Waals surface area contributed by atoms with Gasteiger partial charge < -0.3 is 0 Å². The first-order chi connectivity index (χ1) is 8.81. The lowest BCUT2D eigenvalue weighted by Gasteiger charge is -1.98. The first-order valence-corrected chi connectivity index (χ1v) is 5.45. The average Bonchev–Trinajstić information content (AvgIpc) is 2.46. The summed E-state index contributed by atoms with van der Waals surface area (Å²) in [5.41, 5.74) is 1.25. The molecule has 0 saturated carbocycles. The monoisotopic (exact) mass is 234 g/mol. The van der Waals surface area contributed by atoms with E-state index in [0.29, 0.717) is 11.1 Å². The van der Waals surface area contributed by atoms with E-state index in [1.807, 2.05) is 18.2 Å². The smallest absolute Gasteiger partial charge is 0.267 e. The first kappa shape index (κ1) is 11.7. The standard InChI is InChI=1S/C15H10N2O/c16-11-14(12-7-3-1-4-8-12)17-15(18)13-9-5-2-6-10-13/h1-10H. The maximum atomic E-state index is 11.8. The molecule has 18 heavy (non-hydrogen) atoms. The number of carbonyl (C=O) groups excluding carboxylic acids is 1. The largest absolute Gasteiger partial charge is 0.278 e. The van der Waals surface area contributed by atoms with Crippen molar-refractivity contribution < 1.29 is 4.79 Å². The summed E-state index contributed by atoms with van der Waals surface area (Å²) in [6.07, 6.45) is 0. The highest BCUT2D eigenvalue weighted by molar-refractivity contribution is 6.17. The van der Waals surface area contributed by atoms with E-state index in [-0.39, 0.29) is 5.71 Å². The Hall–Kier alpha value is -2.73. The fourth-order valence-electron chi connectivity index (χ4n) is 1.50. The Kier molecular flexibility index (Phi) is 3.62. The molecule has 0 aliphatic rings. The van der Waals surface area contributed by atoms with Crippen molar-refractivity contribution in [3.63, 3.8) is 0 Å². The van der Waals surface area contributed by atoms with Gasteiger partial charge in [0.25, 0.3) is 5.91 Å². The van der Waals surface area contributed by atoms with Gasteiger partial charge in [-0.25, -0.2) is 0 Å². The van der Waals surface area contributed by atoms with E-state index < -0.39 is 5.91 Å². The predicted molar refractivity (Wildman–Crippen MR) is 69.4 cm³/mol. The molecule has 0 aromatic heterocycles. The molecule has 3 nitrogen and oxygen atoms in total. The molecule has 0 heterocycles. The van der Waals surface area contributed by atoms with E-state index in [1.54, 1.807) is 48.5 Å². The van der Waals surface area contributed by atoms with Gasteiger partial charge in [-0.1, -0.05) is 48.5 Å². The van der Waals surface area contributed by atoms with Crippen LogP contribution in [0.1, 0.15) is 15.9 Å². The van der Waals surface area contributed by atoms with Crippen molar-refractivity contribution in [2.75, 3.05) is 0 Å². The van der Waals surface area contributed by atoms with Crippen LogP contribution in [0, 0.1) is 11.3 Å². The minimum absolute atomic E-state index is 0.129. The van der Waals surface area contributed by atoms with Crippen molar-refractivity contribution in [2.45, 2.75) is 0 Å². The van der Waals surface area contributed by atoms with Crippen molar-refractivity contribution in [2.24, 2.45) is 4.99 Å². The van der Waals surface area contributed by atoms with Gasteiger partial charge >= 0.3 is 0 Å². The summed E-state index contributed by atoms with van der Waals surface area (Å²) in [5.74, 6) is -0.406. The summed E-state index contributed by atoms with van der Waals surface area (Å²) in [4.78, 5) is 15.7. The zero-order chi connectivity index (χ0) is 12.8. The van der Waals surface area contributed by atoms with Crippen molar-refractivity contribution in [1.29, 1.82) is 5.26 Å². The normalized spacial score (nSPS) is 10.7. The number of nitriles is 1. The van der Waals surface area contributed by atoms with Crippen molar-refractivity contribution >= 4 is 11.6 Å². The lowest BCUT2D eigenvalue weighted by atomic mass is 10.1. The average molecular weight is 234 g/mol. The van der Waals surface area contributed by atoms with Gasteiger partial charge in [-0.2, -0.15) is 10.3 Å². The van der Waals surface area contributed by atoms with Crippen LogP contribution in [0.2, 0.25) is 0 Å². The Labute approximate surface area is 105 Å². The number of hydrogen-bond donors (Lipinski definition) is 0. The Morgan fingerprint density at radius 3 is 1.89 bits per heavy atom. The molecule has 0 aliphatic heterocycles. The van der Waals surface area contributed by atoms with Crippen LogP contribution in [0.5, 0.6) is 0 Å². The van der Waals surface area contributed by atoms with E-state index >= 15 is 0 Å². The first-order valence-electron chi connectivity index (χ1n) is 5.45. The number of benzene rings is 2. The van der Waals surface area contributed by atoms with E-state index in [0.717, 1.165) is 0 Å². The van der Waals surface area contributed by atoms with Crippen LogP contribution in [-0.4, -0.2) is 11.6 Å². The summed E-state index contributed by atoms with van der Waals surface area (Å²) < 4.78 is 0. The summed E-state index contributed by atoms with van der Waals surface area (Å²) in [6, 6.07) is 19.6. The van der Waals surface area contributed by atoms with Crippen LogP contribution in [0.15, 0.2) is 65.7 Å². The molecule has 0 aliphatic carbocycles. The molecule has 3 heteroatoms. The zero-order valence-electron chi connectivity index (χ0n) is 9.58. The quantitative estimate of drug-likeness (QED) is 0.750. The van der Waals surface area contributed by atoms with Gasteiger partial charge in [0.05, 0.1) is 0 Å². The van der Waals surface area contributed by atoms with E-state index in [9.17, 15) is 4.79 Å². The highest BCUT2D eigenvalue weighted by Crippen LogP contribution is 2.05. The molecular formula is C15H10N2O. The second-order valence-electron chi connectivity index (χ2n) is 3.61. The molecule has 0 saturated heterocycles. The third kappa shape index (κ3) is 2.69. The number of amides is 1. The van der Waals surface area contributed by atoms with E-state index in [2.05, 4.69) is 4.99 Å². The van der Waals surface area contributed by atoms with E-state index in [1.165, 1.54) is 0 Å². The fraction of sp³-hybridized carbons (Fsp3) is 0. The molecule has 0 N–H and O–H groups in total. The molecular weight excluding hydrogens is 224 g/mol. The summed E-state index contributed by atoms with van der Waals surface area (Å²) in [5, 5.41) is 9.04.